The average Bonchev–Trinajstić information content (AvgIpc) is 3.59. The van der Waals surface area contributed by atoms with Gasteiger partial charge in [-0.1, -0.05) is 59.7 Å². The van der Waals surface area contributed by atoms with Crippen LogP contribution in [0.25, 0.3) is 33.0 Å². The van der Waals surface area contributed by atoms with Gasteiger partial charge in [0.25, 0.3) is 17.4 Å². The molecule has 0 unspecified atom stereocenters. The third kappa shape index (κ3) is 7.16. The molecular weight excluding hydrogens is 775 g/mol. The number of carbonyl (C=O) groups is 3. The van der Waals surface area contributed by atoms with Gasteiger partial charge in [0.15, 0.2) is 17.2 Å². The number of esters is 1. The number of hydrogen-bond acceptors (Lipinski definition) is 11. The summed E-state index contributed by atoms with van der Waals surface area (Å²) in [6, 6.07) is 23.8. The molecule has 1 aliphatic rings. The van der Waals surface area contributed by atoms with E-state index in [-0.39, 0.29) is 48.6 Å². The third-order valence-electron chi connectivity index (χ3n) is 11.0. The molecule has 1 fully saturated rings. The number of pyridine rings is 1. The van der Waals surface area contributed by atoms with E-state index in [0.29, 0.717) is 46.2 Å². The molecule has 0 radical (unpaired) electrons. The Kier molecular flexibility index (Phi) is 9.41. The highest BCUT2D eigenvalue weighted by molar-refractivity contribution is 6.04. The van der Waals surface area contributed by atoms with Gasteiger partial charge in [-0.05, 0) is 73.0 Å². The number of benzene rings is 3. The molecule has 16 heteroatoms. The van der Waals surface area contributed by atoms with Crippen LogP contribution in [0.4, 0.5) is 5.82 Å². The minimum atomic E-state index is -0.965. The maximum absolute atomic E-state index is 14.6. The molecule has 3 aromatic carbocycles. The van der Waals surface area contributed by atoms with Crippen LogP contribution in [0.15, 0.2) is 115 Å². The molecule has 0 bridgehead atoms. The van der Waals surface area contributed by atoms with Crippen LogP contribution in [0, 0.1) is 17.3 Å². The molecule has 0 spiro atoms. The first-order valence-electron chi connectivity index (χ1n) is 20.2. The summed E-state index contributed by atoms with van der Waals surface area (Å²) in [4.78, 5) is 59.1. The number of amides is 1. The number of aryl methyl sites for hydroxylation is 1. The second-order valence-electron chi connectivity index (χ2n) is 15.1. The minimum absolute atomic E-state index is 0.0211. The highest BCUT2D eigenvalue weighted by Crippen LogP contribution is 2.47. The summed E-state index contributed by atoms with van der Waals surface area (Å²) >= 11 is 0. The quantitative estimate of drug-likeness (QED) is 0.132. The van der Waals surface area contributed by atoms with Crippen LogP contribution in [0.2, 0.25) is 0 Å². The average molecular weight is 815 g/mol. The number of nitrogens with zero attached hydrogens (tertiary/aromatic N) is 8. The fourth-order valence-corrected chi connectivity index (χ4v) is 7.60. The van der Waals surface area contributed by atoms with Crippen molar-refractivity contribution in [2.24, 2.45) is 18.2 Å². The minimum Gasteiger partial charge on any atom is -0.463 e. The summed E-state index contributed by atoms with van der Waals surface area (Å²) in [5.74, 6) is 4.51. The number of para-hydroxylation sites is 2. The Bertz CT molecular complexity index is 3190. The van der Waals surface area contributed by atoms with Crippen molar-refractivity contribution in [2.45, 2.75) is 38.3 Å². The van der Waals surface area contributed by atoms with Gasteiger partial charge in [-0.15, -0.1) is 10.2 Å². The SMILES string of the molecule is [2H]Cn1cc(C[C@H](N)C(=O)OCC2(C(=O)n3cc(C#Cc4cccc5cc([C@H](C)NC(=O)c6c(N)nn7cccnc67)n(-c6ccccc6)c(=O)c45)nn3)CC2)c2ccccc21. The zero-order valence-corrected chi connectivity index (χ0v) is 32.9. The Labute approximate surface area is 349 Å². The van der Waals surface area contributed by atoms with Crippen LogP contribution >= 0.6 is 0 Å². The van der Waals surface area contributed by atoms with Crippen LogP contribution < -0.4 is 22.3 Å². The third-order valence-corrected chi connectivity index (χ3v) is 11.0. The highest BCUT2D eigenvalue weighted by atomic mass is 16.5. The van der Waals surface area contributed by atoms with Crippen LogP contribution in [0.1, 0.15) is 64.8 Å². The van der Waals surface area contributed by atoms with Gasteiger partial charge < -0.3 is 26.1 Å². The van der Waals surface area contributed by atoms with Crippen LogP contribution in [-0.2, 0) is 23.0 Å². The van der Waals surface area contributed by atoms with E-state index < -0.39 is 29.4 Å². The number of ether oxygens (including phenoxy) is 1. The van der Waals surface area contributed by atoms with Crippen molar-refractivity contribution in [1.29, 1.82) is 0 Å². The van der Waals surface area contributed by atoms with Gasteiger partial charge in [0.2, 0.25) is 0 Å². The van der Waals surface area contributed by atoms with Gasteiger partial charge >= 0.3 is 5.97 Å². The number of fused-ring (bicyclic) bond motifs is 3. The van der Waals surface area contributed by atoms with E-state index in [1.54, 1.807) is 60.3 Å². The van der Waals surface area contributed by atoms with Crippen molar-refractivity contribution in [3.05, 3.63) is 148 Å². The van der Waals surface area contributed by atoms with Crippen molar-refractivity contribution in [1.82, 2.24) is 44.0 Å². The second-order valence-corrected chi connectivity index (χ2v) is 15.1. The Hall–Kier alpha value is -7.90. The van der Waals surface area contributed by atoms with Gasteiger partial charge in [-0.25, -0.2) is 9.50 Å². The topological polar surface area (TPSA) is 212 Å². The molecule has 1 amide bonds. The molecule has 2 atom stereocenters. The predicted molar refractivity (Wildman–Crippen MR) is 227 cm³/mol. The molecule has 0 saturated heterocycles. The molecule has 8 aromatic rings. The van der Waals surface area contributed by atoms with Gasteiger partial charge in [0, 0.05) is 61.3 Å². The molecule has 16 nitrogen and oxygen atoms in total. The van der Waals surface area contributed by atoms with Crippen LogP contribution in [-0.4, -0.2) is 69.2 Å². The van der Waals surface area contributed by atoms with Crippen molar-refractivity contribution >= 4 is 50.9 Å². The Morgan fingerprint density at radius 2 is 1.82 bits per heavy atom. The van der Waals surface area contributed by atoms with E-state index >= 15 is 0 Å². The van der Waals surface area contributed by atoms with Crippen LogP contribution in [0.5, 0.6) is 0 Å². The molecule has 1 aliphatic carbocycles. The number of nitrogens with two attached hydrogens (primary N) is 2. The first-order chi connectivity index (χ1) is 30.0. The summed E-state index contributed by atoms with van der Waals surface area (Å²) in [6.07, 6.45) is 7.62. The molecule has 61 heavy (non-hydrogen) atoms. The second kappa shape index (κ2) is 15.4. The normalized spacial score (nSPS) is 14.2. The number of nitrogens with one attached hydrogen (secondary N) is 1. The fourth-order valence-electron chi connectivity index (χ4n) is 7.60. The predicted octanol–water partition coefficient (Wildman–Crippen LogP) is 4.12. The Morgan fingerprint density at radius 1 is 1.02 bits per heavy atom. The van der Waals surface area contributed by atoms with Gasteiger partial charge in [0.1, 0.15) is 18.2 Å². The maximum atomic E-state index is 14.6. The maximum Gasteiger partial charge on any atom is 0.323 e. The Balaban J connectivity index is 0.934. The molecule has 9 rings (SSSR count). The lowest BCUT2D eigenvalue weighted by molar-refractivity contribution is -0.146. The van der Waals surface area contributed by atoms with Crippen molar-refractivity contribution in [3.8, 4) is 17.5 Å². The monoisotopic (exact) mass is 814 g/mol. The van der Waals surface area contributed by atoms with Gasteiger partial charge in [-0.2, -0.15) is 4.68 Å². The highest BCUT2D eigenvalue weighted by Gasteiger charge is 2.52. The lowest BCUT2D eigenvalue weighted by Gasteiger charge is -2.21. The number of carbonyl (C=O) groups excluding carboxylic acids is 3. The van der Waals surface area contributed by atoms with Crippen molar-refractivity contribution in [3.63, 3.8) is 0 Å². The first-order valence-corrected chi connectivity index (χ1v) is 19.5. The first kappa shape index (κ1) is 37.4. The van der Waals surface area contributed by atoms with E-state index in [9.17, 15) is 19.2 Å². The zero-order chi connectivity index (χ0) is 43.1. The summed E-state index contributed by atoms with van der Waals surface area (Å²) in [5.41, 5.74) is 14.9. The Morgan fingerprint density at radius 3 is 2.62 bits per heavy atom. The summed E-state index contributed by atoms with van der Waals surface area (Å²) in [6.45, 7) is 1.61. The fraction of sp³-hybridized carbons (Fsp3) is 0.200. The lowest BCUT2D eigenvalue weighted by atomic mass is 10.0. The molecular formula is C45H39N11O5. The molecule has 5 N–H and O–H groups in total. The smallest absolute Gasteiger partial charge is 0.323 e. The van der Waals surface area contributed by atoms with Crippen molar-refractivity contribution < 1.29 is 20.5 Å². The van der Waals surface area contributed by atoms with E-state index in [0.717, 1.165) is 21.1 Å². The van der Waals surface area contributed by atoms with E-state index in [1.165, 1.54) is 15.3 Å². The molecule has 304 valence electrons. The number of rotatable bonds is 10. The largest absolute Gasteiger partial charge is 0.463 e. The van der Waals surface area contributed by atoms with Crippen molar-refractivity contribution in [2.75, 3.05) is 12.3 Å². The number of nitrogen functional groups attached to an aromatic ring is 1. The summed E-state index contributed by atoms with van der Waals surface area (Å²) < 4.78 is 19.3. The number of aromatic nitrogens is 8. The summed E-state index contributed by atoms with van der Waals surface area (Å²) in [7, 11) is 0.0333. The molecule has 5 aromatic heterocycles. The van der Waals surface area contributed by atoms with Gasteiger partial charge in [-0.3, -0.25) is 23.7 Å². The molecule has 1 saturated carbocycles. The van der Waals surface area contributed by atoms with E-state index in [2.05, 4.69) is 37.6 Å². The lowest BCUT2D eigenvalue weighted by Crippen LogP contribution is -2.37. The van der Waals surface area contributed by atoms with Gasteiger partial charge in [0.05, 0.1) is 23.0 Å². The summed E-state index contributed by atoms with van der Waals surface area (Å²) in [5, 5.41) is 17.2. The number of anilines is 1. The standard InChI is InChI=1S/C45H39N11O5/c1-27(49-41(57)38-39(47)51-54-21-9-20-48-40(38)54)36-23-29-11-8-10-28(37(29)42(58)56(36)32-12-4-3-5-13-32)16-17-31-25-55(52-50-31)44(60)45(18-19-45)26-61-43(59)34(46)22-30-24-53(2)35-15-7-6-14-33(30)35/h3-15,20-21,23-25,27,34H,18-19,22,26,46H2,1-2H3,(H2,47,51)(H,49,57)/t27-,34-/m0/s1/i2D. The number of hydrogen-bond donors (Lipinski definition) is 3. The zero-order valence-electron chi connectivity index (χ0n) is 33.9. The van der Waals surface area contributed by atoms with Crippen LogP contribution in [0.3, 0.4) is 0 Å². The van der Waals surface area contributed by atoms with E-state index in [1.807, 2.05) is 54.7 Å². The van der Waals surface area contributed by atoms with E-state index in [4.69, 9.17) is 17.6 Å². The molecule has 5 heterocycles. The molecule has 0 aliphatic heterocycles.